The number of ether oxygens (including phenoxy) is 1. The highest BCUT2D eigenvalue weighted by Crippen LogP contribution is 2.31. The number of carbonyl (C=O) groups excluding carboxylic acids is 2. The molecule has 0 aliphatic carbocycles. The van der Waals surface area contributed by atoms with Crippen molar-refractivity contribution in [2.24, 2.45) is 0 Å². The van der Waals surface area contributed by atoms with Crippen LogP contribution in [0.2, 0.25) is 0 Å². The van der Waals surface area contributed by atoms with Gasteiger partial charge in [-0.3, -0.25) is 4.79 Å². The van der Waals surface area contributed by atoms with Crippen LogP contribution in [0.4, 0.5) is 0 Å². The van der Waals surface area contributed by atoms with Crippen LogP contribution in [0, 0.1) is 6.92 Å². The fraction of sp³-hybridized carbons (Fsp3) is 0.250. The summed E-state index contributed by atoms with van der Waals surface area (Å²) < 4.78 is 6.74. The SMILES string of the molecule is COC(=O)C(NC(=O)c1cc(-c2ccc(C)s2)nc2c1cnn2C(C)C)c1ccccc1. The number of amides is 1. The molecule has 0 radical (unpaired) electrons. The number of hydrogen-bond acceptors (Lipinski definition) is 6. The zero-order valence-electron chi connectivity index (χ0n) is 18.3. The van der Waals surface area contributed by atoms with Gasteiger partial charge in [0.1, 0.15) is 0 Å². The van der Waals surface area contributed by atoms with Crippen molar-refractivity contribution in [1.82, 2.24) is 20.1 Å². The van der Waals surface area contributed by atoms with Gasteiger partial charge in [0, 0.05) is 10.9 Å². The number of rotatable bonds is 6. The van der Waals surface area contributed by atoms with Gasteiger partial charge in [0.2, 0.25) is 0 Å². The third-order valence-corrected chi connectivity index (χ3v) is 6.16. The number of nitrogens with zero attached hydrogens (tertiary/aromatic N) is 3. The molecule has 3 heterocycles. The highest BCUT2D eigenvalue weighted by Gasteiger charge is 2.26. The molecule has 0 spiro atoms. The van der Waals surface area contributed by atoms with Crippen LogP contribution in [0.3, 0.4) is 0 Å². The van der Waals surface area contributed by atoms with Crippen LogP contribution in [0.1, 0.15) is 46.7 Å². The van der Waals surface area contributed by atoms with Crippen molar-refractivity contribution >= 4 is 34.2 Å². The standard InChI is InChI=1S/C24H24N4O3S/c1-14(2)28-22-18(13-25-28)17(12-19(26-22)20-11-10-15(3)32-20)23(29)27-21(24(30)31-4)16-8-6-5-7-9-16/h5-14,21H,1-4H3,(H,27,29). The summed E-state index contributed by atoms with van der Waals surface area (Å²) in [6.07, 6.45) is 1.65. The zero-order chi connectivity index (χ0) is 22.8. The highest BCUT2D eigenvalue weighted by atomic mass is 32.1. The lowest BCUT2D eigenvalue weighted by Crippen LogP contribution is -2.34. The third-order valence-electron chi connectivity index (χ3n) is 5.14. The van der Waals surface area contributed by atoms with Gasteiger partial charge in [0.05, 0.1) is 34.8 Å². The third kappa shape index (κ3) is 4.13. The van der Waals surface area contributed by atoms with Gasteiger partial charge in [-0.15, -0.1) is 11.3 Å². The molecule has 1 unspecified atom stereocenters. The first-order valence-corrected chi connectivity index (χ1v) is 11.1. The van der Waals surface area contributed by atoms with Gasteiger partial charge in [-0.05, 0) is 44.5 Å². The molecule has 4 aromatic rings. The Kier molecular flexibility index (Phi) is 6.05. The summed E-state index contributed by atoms with van der Waals surface area (Å²) in [7, 11) is 1.30. The average molecular weight is 449 g/mol. The van der Waals surface area contributed by atoms with Crippen molar-refractivity contribution in [1.29, 1.82) is 0 Å². The van der Waals surface area contributed by atoms with Gasteiger partial charge in [-0.1, -0.05) is 30.3 Å². The lowest BCUT2D eigenvalue weighted by atomic mass is 10.1. The van der Waals surface area contributed by atoms with E-state index in [-0.39, 0.29) is 6.04 Å². The Labute approximate surface area is 190 Å². The largest absolute Gasteiger partial charge is 0.467 e. The number of carbonyl (C=O) groups is 2. The zero-order valence-corrected chi connectivity index (χ0v) is 19.1. The van der Waals surface area contributed by atoms with Crippen molar-refractivity contribution in [2.45, 2.75) is 32.9 Å². The number of nitrogens with one attached hydrogen (secondary N) is 1. The monoisotopic (exact) mass is 448 g/mol. The van der Waals surface area contributed by atoms with Crippen molar-refractivity contribution in [3.05, 3.63) is 70.7 Å². The van der Waals surface area contributed by atoms with Gasteiger partial charge in [-0.25, -0.2) is 14.5 Å². The Hall–Kier alpha value is -3.52. The summed E-state index contributed by atoms with van der Waals surface area (Å²) in [5, 5.41) is 7.92. The van der Waals surface area contributed by atoms with Gasteiger partial charge in [0.15, 0.2) is 11.7 Å². The molecule has 0 aliphatic heterocycles. The second-order valence-electron chi connectivity index (χ2n) is 7.73. The molecular formula is C24H24N4O3S. The van der Waals surface area contributed by atoms with E-state index in [9.17, 15) is 9.59 Å². The van der Waals surface area contributed by atoms with E-state index in [1.165, 1.54) is 7.11 Å². The van der Waals surface area contributed by atoms with E-state index in [1.54, 1.807) is 40.4 Å². The Bertz CT molecular complexity index is 1280. The Balaban J connectivity index is 1.81. The summed E-state index contributed by atoms with van der Waals surface area (Å²) in [6, 6.07) is 13.9. The lowest BCUT2D eigenvalue weighted by molar-refractivity contribution is -0.143. The Morgan fingerprint density at radius 1 is 1.12 bits per heavy atom. The summed E-state index contributed by atoms with van der Waals surface area (Å²) in [4.78, 5) is 32.8. The number of methoxy groups -OCH3 is 1. The van der Waals surface area contributed by atoms with Gasteiger partial charge in [-0.2, -0.15) is 5.10 Å². The predicted octanol–water partition coefficient (Wildman–Crippen LogP) is 4.69. The second-order valence-corrected chi connectivity index (χ2v) is 9.01. The maximum atomic E-state index is 13.5. The highest BCUT2D eigenvalue weighted by molar-refractivity contribution is 7.15. The lowest BCUT2D eigenvalue weighted by Gasteiger charge is -2.17. The number of hydrogen-bond donors (Lipinski definition) is 1. The quantitative estimate of drug-likeness (QED) is 0.432. The summed E-state index contributed by atoms with van der Waals surface area (Å²) in [5.74, 6) is -0.934. The number of thiophene rings is 1. The molecule has 0 aliphatic rings. The van der Waals surface area contributed by atoms with Crippen LogP contribution < -0.4 is 5.32 Å². The summed E-state index contributed by atoms with van der Waals surface area (Å²) in [6.45, 7) is 6.05. The molecule has 1 aromatic carbocycles. The summed E-state index contributed by atoms with van der Waals surface area (Å²) >= 11 is 1.61. The van der Waals surface area contributed by atoms with Gasteiger partial charge < -0.3 is 10.1 Å². The first kappa shape index (κ1) is 21.7. The van der Waals surface area contributed by atoms with Crippen molar-refractivity contribution < 1.29 is 14.3 Å². The maximum Gasteiger partial charge on any atom is 0.333 e. The van der Waals surface area contributed by atoms with Crippen LogP contribution in [-0.2, 0) is 9.53 Å². The van der Waals surface area contributed by atoms with E-state index in [1.807, 2.05) is 51.1 Å². The van der Waals surface area contributed by atoms with E-state index in [2.05, 4.69) is 10.4 Å². The first-order chi connectivity index (χ1) is 15.4. The van der Waals surface area contributed by atoms with E-state index in [4.69, 9.17) is 9.72 Å². The molecule has 8 heteroatoms. The number of esters is 1. The van der Waals surface area contributed by atoms with Gasteiger partial charge in [0.25, 0.3) is 5.91 Å². The second kappa shape index (κ2) is 8.92. The molecule has 32 heavy (non-hydrogen) atoms. The van der Waals surface area contributed by atoms with Crippen molar-refractivity contribution in [3.63, 3.8) is 0 Å². The molecule has 4 rings (SSSR count). The molecule has 1 amide bonds. The molecule has 164 valence electrons. The minimum absolute atomic E-state index is 0.0726. The van der Waals surface area contributed by atoms with Crippen LogP contribution in [0.15, 0.2) is 54.7 Å². The van der Waals surface area contributed by atoms with Crippen molar-refractivity contribution in [2.75, 3.05) is 7.11 Å². The fourth-order valence-electron chi connectivity index (χ4n) is 3.53. The number of benzene rings is 1. The Morgan fingerprint density at radius 3 is 2.50 bits per heavy atom. The number of pyridine rings is 1. The fourth-order valence-corrected chi connectivity index (χ4v) is 4.36. The van der Waals surface area contributed by atoms with E-state index in [0.717, 1.165) is 9.75 Å². The molecule has 3 aromatic heterocycles. The normalized spacial score (nSPS) is 12.2. The van der Waals surface area contributed by atoms with Crippen LogP contribution in [-0.4, -0.2) is 33.8 Å². The number of fused-ring (bicyclic) bond motifs is 1. The molecule has 0 bridgehead atoms. The molecule has 0 fully saturated rings. The average Bonchev–Trinajstić information content (AvgIpc) is 3.43. The first-order valence-electron chi connectivity index (χ1n) is 10.3. The number of aromatic nitrogens is 3. The molecule has 7 nitrogen and oxygen atoms in total. The van der Waals surface area contributed by atoms with Crippen LogP contribution in [0.25, 0.3) is 21.6 Å². The molecular weight excluding hydrogens is 424 g/mol. The minimum Gasteiger partial charge on any atom is -0.467 e. The molecule has 1 atom stereocenters. The predicted molar refractivity (Wildman–Crippen MR) is 125 cm³/mol. The smallest absolute Gasteiger partial charge is 0.333 e. The van der Waals surface area contributed by atoms with E-state index in [0.29, 0.717) is 27.9 Å². The maximum absolute atomic E-state index is 13.5. The topological polar surface area (TPSA) is 86.1 Å². The van der Waals surface area contributed by atoms with Crippen LogP contribution >= 0.6 is 11.3 Å². The summed E-state index contributed by atoms with van der Waals surface area (Å²) in [5.41, 5.74) is 2.37. The van der Waals surface area contributed by atoms with E-state index >= 15 is 0 Å². The van der Waals surface area contributed by atoms with Crippen LogP contribution in [0.5, 0.6) is 0 Å². The van der Waals surface area contributed by atoms with Gasteiger partial charge >= 0.3 is 5.97 Å². The molecule has 1 N–H and O–H groups in total. The van der Waals surface area contributed by atoms with E-state index < -0.39 is 17.9 Å². The molecule has 0 saturated carbocycles. The Morgan fingerprint density at radius 2 is 1.88 bits per heavy atom. The van der Waals surface area contributed by atoms with Crippen molar-refractivity contribution in [3.8, 4) is 10.6 Å². The number of aryl methyl sites for hydroxylation is 1. The minimum atomic E-state index is -0.926. The molecule has 0 saturated heterocycles.